The quantitative estimate of drug-likeness (QED) is 0.948. The molecule has 1 aromatic heterocycles. The molecule has 1 aromatic carbocycles. The summed E-state index contributed by atoms with van der Waals surface area (Å²) in [5.41, 5.74) is 1.63. The first kappa shape index (κ1) is 12.8. The number of carbonyl (C=O) groups excluding carboxylic acids is 1. The van der Waals surface area contributed by atoms with Crippen LogP contribution in [0.3, 0.4) is 0 Å². The monoisotopic (exact) mass is 308 g/mol. The van der Waals surface area contributed by atoms with E-state index in [-0.39, 0.29) is 11.7 Å². The van der Waals surface area contributed by atoms with Crippen LogP contribution in [0.1, 0.15) is 27.7 Å². The van der Waals surface area contributed by atoms with Crippen molar-refractivity contribution in [2.75, 3.05) is 0 Å². The molecule has 18 heavy (non-hydrogen) atoms. The van der Waals surface area contributed by atoms with Crippen molar-refractivity contribution in [3.63, 3.8) is 0 Å². The van der Waals surface area contributed by atoms with Crippen molar-refractivity contribution in [2.24, 2.45) is 0 Å². The number of aromatic nitrogens is 1. The van der Waals surface area contributed by atoms with Gasteiger partial charge in [0, 0.05) is 17.9 Å². The number of nitrogens with zero attached hydrogens (tertiary/aromatic N) is 1. The molecule has 1 N–H and O–H groups in total. The fourth-order valence-electron chi connectivity index (χ4n) is 1.65. The number of hydrogen-bond donors (Lipinski definition) is 1. The number of amides is 1. The van der Waals surface area contributed by atoms with E-state index in [0.717, 1.165) is 10.0 Å². The maximum absolute atomic E-state index is 11.9. The van der Waals surface area contributed by atoms with E-state index in [9.17, 15) is 4.79 Å². The van der Waals surface area contributed by atoms with E-state index in [0.29, 0.717) is 18.1 Å². The van der Waals surface area contributed by atoms with Gasteiger partial charge in [0.05, 0.1) is 5.69 Å². The van der Waals surface area contributed by atoms with Gasteiger partial charge in [-0.2, -0.15) is 0 Å². The summed E-state index contributed by atoms with van der Waals surface area (Å²) in [5, 5.41) is 2.80. The molecule has 4 nitrogen and oxygen atoms in total. The average molecular weight is 309 g/mol. The molecule has 0 bridgehead atoms. The minimum atomic E-state index is -0.243. The smallest absolute Gasteiger partial charge is 0.289 e. The molecule has 0 spiro atoms. The van der Waals surface area contributed by atoms with E-state index in [1.807, 2.05) is 24.3 Å². The van der Waals surface area contributed by atoms with Crippen molar-refractivity contribution < 1.29 is 9.21 Å². The molecular weight excluding hydrogens is 296 g/mol. The topological polar surface area (TPSA) is 55.1 Å². The van der Waals surface area contributed by atoms with E-state index in [1.54, 1.807) is 13.8 Å². The molecule has 0 unspecified atom stereocenters. The number of nitrogens with one attached hydrogen (secondary N) is 1. The first-order valence-corrected chi connectivity index (χ1v) is 6.32. The minimum Gasteiger partial charge on any atom is -0.436 e. The highest BCUT2D eigenvalue weighted by Crippen LogP contribution is 2.12. The van der Waals surface area contributed by atoms with Crippen LogP contribution >= 0.6 is 15.9 Å². The van der Waals surface area contributed by atoms with Gasteiger partial charge in [-0.25, -0.2) is 4.98 Å². The summed E-state index contributed by atoms with van der Waals surface area (Å²) in [6.07, 6.45) is 0. The average Bonchev–Trinajstić information content (AvgIpc) is 2.66. The molecule has 0 saturated heterocycles. The number of aryl methyl sites for hydroxylation is 2. The normalized spacial score (nSPS) is 10.4. The second-order valence-corrected chi connectivity index (χ2v) is 4.88. The fraction of sp³-hybridized carbons (Fsp3) is 0.231. The number of oxazole rings is 1. The van der Waals surface area contributed by atoms with Crippen LogP contribution in [-0.4, -0.2) is 10.9 Å². The fourth-order valence-corrected chi connectivity index (χ4v) is 2.10. The summed E-state index contributed by atoms with van der Waals surface area (Å²) in [4.78, 5) is 15.9. The van der Waals surface area contributed by atoms with Gasteiger partial charge in [0.25, 0.3) is 5.91 Å². The van der Waals surface area contributed by atoms with E-state index in [1.165, 1.54) is 0 Å². The maximum atomic E-state index is 11.9. The molecule has 5 heteroatoms. The van der Waals surface area contributed by atoms with Gasteiger partial charge in [-0.3, -0.25) is 4.79 Å². The molecule has 1 heterocycles. The van der Waals surface area contributed by atoms with Crippen LogP contribution in [0.25, 0.3) is 0 Å². The molecular formula is C13H13BrN2O2. The van der Waals surface area contributed by atoms with Crippen LogP contribution in [0.2, 0.25) is 0 Å². The zero-order valence-corrected chi connectivity index (χ0v) is 11.7. The third-order valence-electron chi connectivity index (χ3n) is 2.45. The molecule has 0 radical (unpaired) electrons. The van der Waals surface area contributed by atoms with Crippen LogP contribution in [0.5, 0.6) is 0 Å². The number of benzene rings is 1. The van der Waals surface area contributed by atoms with Crippen LogP contribution < -0.4 is 5.32 Å². The Morgan fingerprint density at radius 2 is 2.22 bits per heavy atom. The highest BCUT2D eigenvalue weighted by atomic mass is 79.9. The zero-order chi connectivity index (χ0) is 13.1. The van der Waals surface area contributed by atoms with Gasteiger partial charge in [0.1, 0.15) is 0 Å². The van der Waals surface area contributed by atoms with Gasteiger partial charge in [-0.1, -0.05) is 28.1 Å². The summed E-state index contributed by atoms with van der Waals surface area (Å²) in [7, 11) is 0. The lowest BCUT2D eigenvalue weighted by Crippen LogP contribution is -2.23. The number of rotatable bonds is 3. The Kier molecular flexibility index (Phi) is 3.81. The van der Waals surface area contributed by atoms with E-state index >= 15 is 0 Å². The first-order chi connectivity index (χ1) is 8.56. The molecule has 94 valence electrons. The molecule has 0 atom stereocenters. The molecule has 0 aliphatic carbocycles. The number of hydrogen-bond acceptors (Lipinski definition) is 3. The van der Waals surface area contributed by atoms with Gasteiger partial charge >= 0.3 is 0 Å². The lowest BCUT2D eigenvalue weighted by atomic mass is 10.2. The Bertz CT molecular complexity index is 578. The van der Waals surface area contributed by atoms with E-state index < -0.39 is 0 Å². The summed E-state index contributed by atoms with van der Waals surface area (Å²) >= 11 is 3.39. The lowest BCUT2D eigenvalue weighted by molar-refractivity contribution is 0.0921. The van der Waals surface area contributed by atoms with Gasteiger partial charge in [-0.15, -0.1) is 0 Å². The predicted octanol–water partition coefficient (Wildman–Crippen LogP) is 2.98. The summed E-state index contributed by atoms with van der Waals surface area (Å²) < 4.78 is 6.24. The number of halogens is 1. The summed E-state index contributed by atoms with van der Waals surface area (Å²) in [5.74, 6) is 0.538. The van der Waals surface area contributed by atoms with Crippen LogP contribution in [-0.2, 0) is 6.54 Å². The van der Waals surface area contributed by atoms with Gasteiger partial charge in [0.15, 0.2) is 5.89 Å². The van der Waals surface area contributed by atoms with Gasteiger partial charge in [-0.05, 0) is 24.6 Å². The maximum Gasteiger partial charge on any atom is 0.289 e. The van der Waals surface area contributed by atoms with Crippen molar-refractivity contribution in [2.45, 2.75) is 20.4 Å². The second kappa shape index (κ2) is 5.35. The lowest BCUT2D eigenvalue weighted by Gasteiger charge is -2.04. The number of carbonyl (C=O) groups is 1. The van der Waals surface area contributed by atoms with Gasteiger partial charge < -0.3 is 9.73 Å². The Morgan fingerprint density at radius 3 is 2.83 bits per heavy atom. The van der Waals surface area contributed by atoms with Crippen LogP contribution in [0, 0.1) is 13.8 Å². The molecule has 0 saturated carbocycles. The molecule has 0 aliphatic rings. The van der Waals surface area contributed by atoms with E-state index in [4.69, 9.17) is 4.42 Å². The van der Waals surface area contributed by atoms with Gasteiger partial charge in [0.2, 0.25) is 5.76 Å². The van der Waals surface area contributed by atoms with Crippen molar-refractivity contribution in [3.8, 4) is 0 Å². The molecule has 0 fully saturated rings. The minimum absolute atomic E-state index is 0.243. The Balaban J connectivity index is 2.03. The molecule has 2 rings (SSSR count). The van der Waals surface area contributed by atoms with Crippen molar-refractivity contribution in [1.82, 2.24) is 10.3 Å². The Labute approximate surface area is 114 Å². The van der Waals surface area contributed by atoms with E-state index in [2.05, 4.69) is 26.2 Å². The summed E-state index contributed by atoms with van der Waals surface area (Å²) in [6.45, 7) is 3.93. The standard InChI is InChI=1S/C13H13BrN2O2/c1-8-12(18-9(2)16-8)13(17)15-7-10-4-3-5-11(14)6-10/h3-6H,7H2,1-2H3,(H,15,17). The SMILES string of the molecule is Cc1nc(C)c(C(=O)NCc2cccc(Br)c2)o1. The second-order valence-electron chi connectivity index (χ2n) is 3.96. The van der Waals surface area contributed by atoms with Crippen molar-refractivity contribution >= 4 is 21.8 Å². The third kappa shape index (κ3) is 2.98. The van der Waals surface area contributed by atoms with Crippen LogP contribution in [0.15, 0.2) is 33.2 Å². The Morgan fingerprint density at radius 1 is 1.44 bits per heavy atom. The largest absolute Gasteiger partial charge is 0.436 e. The van der Waals surface area contributed by atoms with Crippen LogP contribution in [0.4, 0.5) is 0 Å². The Hall–Kier alpha value is -1.62. The molecule has 2 aromatic rings. The predicted molar refractivity (Wildman–Crippen MR) is 71.3 cm³/mol. The summed E-state index contributed by atoms with van der Waals surface area (Å²) in [6, 6.07) is 7.77. The third-order valence-corrected chi connectivity index (χ3v) is 2.95. The first-order valence-electron chi connectivity index (χ1n) is 5.53. The highest BCUT2D eigenvalue weighted by Gasteiger charge is 2.15. The highest BCUT2D eigenvalue weighted by molar-refractivity contribution is 9.10. The zero-order valence-electron chi connectivity index (χ0n) is 10.2. The molecule has 0 aliphatic heterocycles. The van der Waals surface area contributed by atoms with Crippen molar-refractivity contribution in [3.05, 3.63) is 51.6 Å². The molecule has 1 amide bonds. The van der Waals surface area contributed by atoms with Crippen molar-refractivity contribution in [1.29, 1.82) is 0 Å².